The van der Waals surface area contributed by atoms with Crippen LogP contribution in [-0.4, -0.2) is 73.2 Å². The molecule has 2 aliphatic rings. The maximum atomic E-state index is 15.5. The van der Waals surface area contributed by atoms with E-state index in [0.717, 1.165) is 55.7 Å². The van der Waals surface area contributed by atoms with Crippen molar-refractivity contribution in [3.05, 3.63) is 108 Å². The van der Waals surface area contributed by atoms with E-state index in [-0.39, 0.29) is 34.0 Å². The molecule has 7 rings (SSSR count). The number of hydrogen-bond donors (Lipinski definition) is 0. The Morgan fingerprint density at radius 1 is 0.848 bits per heavy atom. The Bertz CT molecular complexity index is 2040. The monoisotopic (exact) mass is 636 g/mol. The molecule has 0 N–H and O–H groups in total. The number of ketones is 1. The zero-order valence-electron chi connectivity index (χ0n) is 26.3. The summed E-state index contributed by atoms with van der Waals surface area (Å²) in [6, 6.07) is 21.3. The van der Waals surface area contributed by atoms with Crippen molar-refractivity contribution in [2.45, 2.75) is 30.6 Å². The number of fused-ring (bicyclic) bond motifs is 1. The second-order valence-electron chi connectivity index (χ2n) is 12.9. The van der Waals surface area contributed by atoms with E-state index in [4.69, 9.17) is 0 Å². The second kappa shape index (κ2) is 11.9. The van der Waals surface area contributed by atoms with Crippen molar-refractivity contribution < 1.29 is 17.6 Å². The summed E-state index contributed by atoms with van der Waals surface area (Å²) in [6.45, 7) is 5.30. The smallest absolute Gasteiger partial charge is 0.269 e. The van der Waals surface area contributed by atoms with Gasteiger partial charge >= 0.3 is 0 Å². The van der Waals surface area contributed by atoms with Gasteiger partial charge < -0.3 is 9.80 Å². The minimum absolute atomic E-state index is 0.00425. The summed E-state index contributed by atoms with van der Waals surface area (Å²) in [4.78, 5) is 22.2. The van der Waals surface area contributed by atoms with E-state index in [2.05, 4.69) is 21.8 Å². The number of halogens is 1. The number of rotatable bonds is 7. The number of aromatic nitrogens is 2. The number of piperidine rings is 1. The lowest BCUT2D eigenvalue weighted by molar-refractivity contribution is 0.0702. The molecule has 0 aliphatic carbocycles. The molecule has 0 bridgehead atoms. The van der Waals surface area contributed by atoms with Gasteiger partial charge in [-0.05, 0) is 93.8 Å². The summed E-state index contributed by atoms with van der Waals surface area (Å²) >= 11 is 0. The Morgan fingerprint density at radius 2 is 1.52 bits per heavy atom. The molecule has 2 aromatic heterocycles. The van der Waals surface area contributed by atoms with Gasteiger partial charge in [-0.25, -0.2) is 21.8 Å². The van der Waals surface area contributed by atoms with Gasteiger partial charge in [0.1, 0.15) is 5.82 Å². The third kappa shape index (κ3) is 5.57. The Balaban J connectivity index is 1.30. The van der Waals surface area contributed by atoms with Crippen LogP contribution in [0, 0.1) is 18.7 Å². The quantitative estimate of drug-likeness (QED) is 0.187. The van der Waals surface area contributed by atoms with Crippen molar-refractivity contribution >= 4 is 26.8 Å². The molecule has 0 saturated carbocycles. The van der Waals surface area contributed by atoms with Gasteiger partial charge in [0, 0.05) is 53.5 Å². The number of carbonyl (C=O) groups excluding carboxylic acids is 1. The van der Waals surface area contributed by atoms with E-state index in [1.165, 1.54) is 3.97 Å². The molecule has 0 radical (unpaired) electrons. The van der Waals surface area contributed by atoms with Gasteiger partial charge in [0.2, 0.25) is 0 Å². The Labute approximate surface area is 269 Å². The Kier molecular flexibility index (Phi) is 7.87. The van der Waals surface area contributed by atoms with Crippen LogP contribution in [0.5, 0.6) is 0 Å². The summed E-state index contributed by atoms with van der Waals surface area (Å²) in [5, 5.41) is 0.618. The zero-order chi connectivity index (χ0) is 32.2. The normalized spacial score (nSPS) is 17.0. The molecule has 0 unspecified atom stereocenters. The van der Waals surface area contributed by atoms with E-state index >= 15 is 4.39 Å². The fourth-order valence-corrected chi connectivity index (χ4v) is 8.07. The first-order valence-corrected chi connectivity index (χ1v) is 17.2. The lowest BCUT2D eigenvalue weighted by atomic mass is 9.88. The molecule has 0 amide bonds. The highest BCUT2D eigenvalue weighted by molar-refractivity contribution is 7.90. The van der Waals surface area contributed by atoms with Crippen molar-refractivity contribution in [3.8, 4) is 22.3 Å². The van der Waals surface area contributed by atoms with E-state index in [9.17, 15) is 13.2 Å². The highest BCUT2D eigenvalue weighted by Gasteiger charge is 2.31. The van der Waals surface area contributed by atoms with Crippen LogP contribution < -0.4 is 0 Å². The van der Waals surface area contributed by atoms with Crippen LogP contribution in [0.3, 0.4) is 0 Å². The average molecular weight is 637 g/mol. The van der Waals surface area contributed by atoms with E-state index in [1.54, 1.807) is 42.7 Å². The highest BCUT2D eigenvalue weighted by Crippen LogP contribution is 2.37. The Hall–Kier alpha value is -4.18. The van der Waals surface area contributed by atoms with Gasteiger partial charge in [0.05, 0.1) is 4.90 Å². The molecular weight excluding hydrogens is 599 g/mol. The average Bonchev–Trinajstić information content (AvgIpc) is 3.43. The third-order valence-electron chi connectivity index (χ3n) is 9.60. The summed E-state index contributed by atoms with van der Waals surface area (Å²) < 4.78 is 44.6. The van der Waals surface area contributed by atoms with Crippen LogP contribution >= 0.6 is 0 Å². The lowest BCUT2D eigenvalue weighted by Crippen LogP contribution is -2.47. The van der Waals surface area contributed by atoms with E-state index in [0.29, 0.717) is 27.6 Å². The molecule has 0 spiro atoms. The highest BCUT2D eigenvalue weighted by atomic mass is 32.2. The first-order valence-electron chi connectivity index (χ1n) is 15.7. The maximum absolute atomic E-state index is 15.5. The molecule has 0 atom stereocenters. The van der Waals surface area contributed by atoms with Crippen molar-refractivity contribution in [3.63, 3.8) is 0 Å². The third-order valence-corrected chi connectivity index (χ3v) is 11.3. The van der Waals surface area contributed by atoms with Crippen molar-refractivity contribution in [2.75, 3.05) is 40.3 Å². The molecule has 3 aromatic carbocycles. The summed E-state index contributed by atoms with van der Waals surface area (Å²) in [5.41, 5.74) is 5.39. The molecule has 2 fully saturated rings. The summed E-state index contributed by atoms with van der Waals surface area (Å²) in [5.74, 6) is 0.0717. The fourth-order valence-electron chi connectivity index (χ4n) is 6.75. The molecule has 236 valence electrons. The predicted molar refractivity (Wildman–Crippen MR) is 179 cm³/mol. The minimum atomic E-state index is -3.98. The van der Waals surface area contributed by atoms with Gasteiger partial charge in [-0.3, -0.25) is 4.79 Å². The van der Waals surface area contributed by atoms with Crippen molar-refractivity contribution in [1.29, 1.82) is 0 Å². The number of carbonyl (C=O) groups is 1. The van der Waals surface area contributed by atoms with Gasteiger partial charge in [-0.2, -0.15) is 0 Å². The Morgan fingerprint density at radius 3 is 2.17 bits per heavy atom. The van der Waals surface area contributed by atoms with Crippen LogP contribution in [0.1, 0.15) is 40.2 Å². The number of aryl methyl sites for hydroxylation is 1. The van der Waals surface area contributed by atoms with E-state index < -0.39 is 10.0 Å². The van der Waals surface area contributed by atoms with E-state index in [1.807, 2.05) is 56.4 Å². The predicted octanol–water partition coefficient (Wildman–Crippen LogP) is 6.61. The van der Waals surface area contributed by atoms with Gasteiger partial charge in [0.25, 0.3) is 10.0 Å². The number of nitrogens with zero attached hydrogens (tertiary/aromatic N) is 4. The molecule has 2 saturated heterocycles. The molecule has 9 heteroatoms. The number of likely N-dealkylation sites (tertiary alicyclic amines) is 2. The number of Topliss-reactive ketones (excluding diaryl/α,β-unsaturated/α-hetero) is 1. The molecular formula is C37H37FN4O3S. The SMILES string of the molecule is Cc1ccc(S(=O)(=O)n2cc(-c3ccc(C(=O)C4CN(C)C4)cc3)c3cc(-c4ccc(C5CCN(C)CC5)c(F)c4)cnc32)cc1. The summed E-state index contributed by atoms with van der Waals surface area (Å²) in [6.07, 6.45) is 5.05. The first kappa shape index (κ1) is 30.5. The topological polar surface area (TPSA) is 75.5 Å². The molecule has 5 aromatic rings. The van der Waals surface area contributed by atoms with Gasteiger partial charge in [0.15, 0.2) is 11.4 Å². The molecule has 46 heavy (non-hydrogen) atoms. The molecule has 7 nitrogen and oxygen atoms in total. The zero-order valence-corrected chi connectivity index (χ0v) is 27.1. The van der Waals surface area contributed by atoms with Crippen LogP contribution in [0.15, 0.2) is 90.1 Å². The molecule has 4 heterocycles. The minimum Gasteiger partial charge on any atom is -0.306 e. The standard InChI is InChI=1S/C37H37FN4O3S/c1-24-4-11-31(12-5-24)46(44,45)42-23-34(25-6-8-27(9-7-25)36(43)30-21-41(3)22-30)33-18-29(20-39-37(33)42)28-10-13-32(35(38)19-28)26-14-16-40(2)17-15-26/h4-13,18-20,23,26,30H,14-17,21-22H2,1-3H3. The van der Waals surface area contributed by atoms with Crippen LogP contribution in [0.2, 0.25) is 0 Å². The van der Waals surface area contributed by atoms with Crippen LogP contribution in [-0.2, 0) is 10.0 Å². The number of benzene rings is 3. The maximum Gasteiger partial charge on any atom is 0.269 e. The second-order valence-corrected chi connectivity index (χ2v) is 14.7. The number of pyridine rings is 1. The summed E-state index contributed by atoms with van der Waals surface area (Å²) in [7, 11) is 0.108. The first-order chi connectivity index (χ1) is 22.1. The molecule has 2 aliphatic heterocycles. The van der Waals surface area contributed by atoms with Crippen molar-refractivity contribution in [2.24, 2.45) is 5.92 Å². The van der Waals surface area contributed by atoms with Gasteiger partial charge in [-0.1, -0.05) is 54.1 Å². The number of hydrogen-bond acceptors (Lipinski definition) is 6. The lowest BCUT2D eigenvalue weighted by Gasteiger charge is -2.34. The van der Waals surface area contributed by atoms with Crippen LogP contribution in [0.25, 0.3) is 33.3 Å². The van der Waals surface area contributed by atoms with Gasteiger partial charge in [-0.15, -0.1) is 0 Å². The fraction of sp³-hybridized carbons (Fsp3) is 0.297. The van der Waals surface area contributed by atoms with Crippen molar-refractivity contribution in [1.82, 2.24) is 18.8 Å². The van der Waals surface area contributed by atoms with Crippen LogP contribution in [0.4, 0.5) is 4.39 Å². The largest absolute Gasteiger partial charge is 0.306 e.